The Balaban J connectivity index is 2.71. The van der Waals surface area contributed by atoms with Gasteiger partial charge in [-0.2, -0.15) is 0 Å². The summed E-state index contributed by atoms with van der Waals surface area (Å²) in [5, 5.41) is 0. The van der Waals surface area contributed by atoms with Gasteiger partial charge in [0.2, 0.25) is 0 Å². The zero-order valence-corrected chi connectivity index (χ0v) is 10.7. The molecule has 0 aliphatic heterocycles. The molecule has 2 rings (SSSR count). The molecule has 0 saturated heterocycles. The maximum atomic E-state index is 13.8. The van der Waals surface area contributed by atoms with Gasteiger partial charge in [-0.15, -0.1) is 0 Å². The third-order valence-corrected chi connectivity index (χ3v) is 2.93. The van der Waals surface area contributed by atoms with Crippen LogP contribution in [0.15, 0.2) is 35.3 Å². The molecular formula is C14H14F2N2O. The molecule has 1 heterocycles. The summed E-state index contributed by atoms with van der Waals surface area (Å²) in [7, 11) is 0. The van der Waals surface area contributed by atoms with E-state index in [1.807, 2.05) is 0 Å². The van der Waals surface area contributed by atoms with Gasteiger partial charge in [-0.05, 0) is 26.0 Å². The zero-order chi connectivity index (χ0) is 14.2. The molecule has 0 bridgehead atoms. The summed E-state index contributed by atoms with van der Waals surface area (Å²) in [5.41, 5.74) is 6.41. The Bertz CT molecular complexity index is 678. The molecular weight excluding hydrogens is 250 g/mol. The number of hydrogen-bond donors (Lipinski definition) is 1. The molecule has 0 aliphatic carbocycles. The van der Waals surface area contributed by atoms with Crippen molar-refractivity contribution in [3.8, 4) is 5.69 Å². The van der Waals surface area contributed by atoms with Gasteiger partial charge >= 0.3 is 0 Å². The number of aryl methyl sites for hydroxylation is 1. The van der Waals surface area contributed by atoms with Crippen LogP contribution < -0.4 is 11.2 Å². The van der Waals surface area contributed by atoms with Crippen LogP contribution in [0.5, 0.6) is 0 Å². The third kappa shape index (κ3) is 2.56. The maximum absolute atomic E-state index is 13.8. The first-order valence-electron chi connectivity index (χ1n) is 5.84. The molecule has 2 N–H and O–H groups in total. The fraction of sp³-hybridized carbons (Fsp3) is 0.214. The van der Waals surface area contributed by atoms with Crippen molar-refractivity contribution in [3.63, 3.8) is 0 Å². The van der Waals surface area contributed by atoms with Crippen molar-refractivity contribution in [2.75, 3.05) is 0 Å². The molecule has 3 nitrogen and oxygen atoms in total. The van der Waals surface area contributed by atoms with E-state index in [0.717, 1.165) is 18.2 Å². The molecule has 0 amide bonds. The quantitative estimate of drug-likeness (QED) is 0.905. The maximum Gasteiger partial charge on any atom is 0.186 e. The summed E-state index contributed by atoms with van der Waals surface area (Å²) in [6, 6.07) is 4.06. The molecule has 2 aromatic rings. The second-order valence-electron chi connectivity index (χ2n) is 4.49. The molecule has 0 fully saturated rings. The predicted molar refractivity (Wildman–Crippen MR) is 69.3 cm³/mol. The van der Waals surface area contributed by atoms with E-state index >= 15 is 0 Å². The van der Waals surface area contributed by atoms with Gasteiger partial charge in [0.15, 0.2) is 5.43 Å². The van der Waals surface area contributed by atoms with Crippen LogP contribution in [-0.2, 0) is 0 Å². The van der Waals surface area contributed by atoms with Crippen molar-refractivity contribution in [1.29, 1.82) is 0 Å². The number of hydrogen-bond acceptors (Lipinski definition) is 2. The Hall–Kier alpha value is -2.01. The number of benzene rings is 1. The lowest BCUT2D eigenvalue weighted by Crippen LogP contribution is -2.20. The monoisotopic (exact) mass is 264 g/mol. The first-order valence-corrected chi connectivity index (χ1v) is 5.84. The molecule has 0 spiro atoms. The lowest BCUT2D eigenvalue weighted by Gasteiger charge is -2.15. The summed E-state index contributed by atoms with van der Waals surface area (Å²) in [6.07, 6.45) is 1.46. The van der Waals surface area contributed by atoms with Gasteiger partial charge in [0.1, 0.15) is 11.6 Å². The van der Waals surface area contributed by atoms with Gasteiger partial charge in [-0.1, -0.05) is 0 Å². The van der Waals surface area contributed by atoms with Gasteiger partial charge in [-0.25, -0.2) is 8.78 Å². The number of nitrogens with zero attached hydrogens (tertiary/aromatic N) is 1. The molecule has 1 unspecified atom stereocenters. The van der Waals surface area contributed by atoms with Crippen LogP contribution in [0, 0.1) is 18.6 Å². The Morgan fingerprint density at radius 2 is 1.95 bits per heavy atom. The Morgan fingerprint density at radius 1 is 1.26 bits per heavy atom. The van der Waals surface area contributed by atoms with Crippen molar-refractivity contribution in [3.05, 3.63) is 63.6 Å². The average Bonchev–Trinajstić information content (AvgIpc) is 2.32. The Labute approximate surface area is 109 Å². The lowest BCUT2D eigenvalue weighted by atomic mass is 10.1. The van der Waals surface area contributed by atoms with Crippen LogP contribution in [0.2, 0.25) is 0 Å². The first kappa shape index (κ1) is 13.4. The molecule has 1 aromatic heterocycles. The highest BCUT2D eigenvalue weighted by Crippen LogP contribution is 2.18. The molecule has 0 aliphatic rings. The number of nitrogens with two attached hydrogens (primary N) is 1. The van der Waals surface area contributed by atoms with E-state index in [4.69, 9.17) is 5.73 Å². The smallest absolute Gasteiger partial charge is 0.186 e. The van der Waals surface area contributed by atoms with E-state index in [9.17, 15) is 13.6 Å². The van der Waals surface area contributed by atoms with E-state index in [1.165, 1.54) is 16.8 Å². The van der Waals surface area contributed by atoms with E-state index < -0.39 is 17.7 Å². The topological polar surface area (TPSA) is 48.0 Å². The molecule has 1 aromatic carbocycles. The molecule has 5 heteroatoms. The predicted octanol–water partition coefficient (Wildman–Crippen LogP) is 2.44. The van der Waals surface area contributed by atoms with Crippen molar-refractivity contribution in [1.82, 2.24) is 4.57 Å². The van der Waals surface area contributed by atoms with E-state index in [1.54, 1.807) is 13.8 Å². The number of pyridine rings is 1. The van der Waals surface area contributed by atoms with Crippen molar-refractivity contribution >= 4 is 0 Å². The largest absolute Gasteiger partial charge is 0.324 e. The average molecular weight is 264 g/mol. The van der Waals surface area contributed by atoms with Gasteiger partial charge < -0.3 is 10.3 Å². The molecule has 100 valence electrons. The highest BCUT2D eigenvalue weighted by Gasteiger charge is 2.12. The number of rotatable bonds is 2. The number of aromatic nitrogens is 1. The van der Waals surface area contributed by atoms with Crippen LogP contribution in [-0.4, -0.2) is 4.57 Å². The minimum Gasteiger partial charge on any atom is -0.324 e. The first-order chi connectivity index (χ1) is 8.90. The molecule has 0 radical (unpaired) electrons. The fourth-order valence-corrected chi connectivity index (χ4v) is 1.92. The minimum atomic E-state index is -0.566. The van der Waals surface area contributed by atoms with Crippen molar-refractivity contribution < 1.29 is 8.78 Å². The van der Waals surface area contributed by atoms with E-state index in [0.29, 0.717) is 11.3 Å². The second kappa shape index (κ2) is 4.93. The fourth-order valence-electron chi connectivity index (χ4n) is 1.92. The van der Waals surface area contributed by atoms with Crippen LogP contribution in [0.1, 0.15) is 24.2 Å². The van der Waals surface area contributed by atoms with Crippen LogP contribution >= 0.6 is 0 Å². The zero-order valence-electron chi connectivity index (χ0n) is 10.7. The molecule has 0 saturated carbocycles. The van der Waals surface area contributed by atoms with Gasteiger partial charge in [0.25, 0.3) is 0 Å². The van der Waals surface area contributed by atoms with Crippen LogP contribution in [0.3, 0.4) is 0 Å². The minimum absolute atomic E-state index is 0.0550. The van der Waals surface area contributed by atoms with Gasteiger partial charge in [0, 0.05) is 35.6 Å². The van der Waals surface area contributed by atoms with Crippen molar-refractivity contribution in [2.45, 2.75) is 19.9 Å². The molecule has 1 atom stereocenters. The summed E-state index contributed by atoms with van der Waals surface area (Å²) in [6.45, 7) is 3.31. The van der Waals surface area contributed by atoms with Gasteiger partial charge in [0.05, 0.1) is 5.69 Å². The number of halogens is 2. The molecule has 19 heavy (non-hydrogen) atoms. The Kier molecular flexibility index (Phi) is 3.48. The third-order valence-electron chi connectivity index (χ3n) is 2.93. The van der Waals surface area contributed by atoms with E-state index in [2.05, 4.69) is 0 Å². The highest BCUT2D eigenvalue weighted by molar-refractivity contribution is 5.37. The van der Waals surface area contributed by atoms with Crippen LogP contribution in [0.4, 0.5) is 8.78 Å². The van der Waals surface area contributed by atoms with E-state index in [-0.39, 0.29) is 11.1 Å². The lowest BCUT2D eigenvalue weighted by molar-refractivity contribution is 0.590. The second-order valence-corrected chi connectivity index (χ2v) is 4.49. The summed E-state index contributed by atoms with van der Waals surface area (Å²) < 4.78 is 28.4. The van der Waals surface area contributed by atoms with Crippen LogP contribution in [0.25, 0.3) is 5.69 Å². The van der Waals surface area contributed by atoms with Gasteiger partial charge in [-0.3, -0.25) is 4.79 Å². The summed E-state index contributed by atoms with van der Waals surface area (Å²) in [5.74, 6) is -1.11. The normalized spacial score (nSPS) is 12.5. The standard InChI is InChI=1S/C14H14F2N2O/c1-8-5-14(19)11(9(2)17)7-18(8)13-6-10(15)3-4-12(13)16/h3-7,9H,17H2,1-2H3. The van der Waals surface area contributed by atoms with Crippen molar-refractivity contribution in [2.24, 2.45) is 5.73 Å². The highest BCUT2D eigenvalue weighted by atomic mass is 19.1. The summed E-state index contributed by atoms with van der Waals surface area (Å²) >= 11 is 0. The SMILES string of the molecule is Cc1cc(=O)c(C(C)N)cn1-c1cc(F)ccc1F. The Morgan fingerprint density at radius 3 is 2.58 bits per heavy atom. The summed E-state index contributed by atoms with van der Waals surface area (Å²) in [4.78, 5) is 11.8.